The summed E-state index contributed by atoms with van der Waals surface area (Å²) in [6.45, 7) is 0. The van der Waals surface area contributed by atoms with Gasteiger partial charge < -0.3 is 10.4 Å². The minimum absolute atomic E-state index is 0.00501. The van der Waals surface area contributed by atoms with E-state index in [4.69, 9.17) is 0 Å². The van der Waals surface area contributed by atoms with Crippen LogP contribution in [0, 0.1) is 11.3 Å². The number of aromatic nitrogens is 1. The van der Waals surface area contributed by atoms with Gasteiger partial charge in [-0.2, -0.15) is 5.26 Å². The molecule has 0 aliphatic heterocycles. The van der Waals surface area contributed by atoms with Crippen molar-refractivity contribution in [1.82, 2.24) is 4.98 Å². The summed E-state index contributed by atoms with van der Waals surface area (Å²) in [6, 6.07) is 9.99. The monoisotopic (exact) mass is 281 g/mol. The maximum atomic E-state index is 10.3. The number of hydrogen-bond acceptors (Lipinski definition) is 4. The van der Waals surface area contributed by atoms with Gasteiger partial charge in [-0.15, -0.1) is 0 Å². The number of pyridine rings is 1. The SMILES string of the molecule is N#Cc1cnc2ccccc2c1NC1CCCCCC1O. The van der Waals surface area contributed by atoms with E-state index in [0.717, 1.165) is 48.7 Å². The molecule has 1 heterocycles. The number of nitriles is 1. The smallest absolute Gasteiger partial charge is 0.103 e. The van der Waals surface area contributed by atoms with Gasteiger partial charge >= 0.3 is 0 Å². The summed E-state index contributed by atoms with van der Waals surface area (Å²) in [5.74, 6) is 0. The van der Waals surface area contributed by atoms with Crippen molar-refractivity contribution in [3.05, 3.63) is 36.0 Å². The maximum absolute atomic E-state index is 10.3. The number of nitrogens with zero attached hydrogens (tertiary/aromatic N) is 2. The van der Waals surface area contributed by atoms with E-state index in [9.17, 15) is 10.4 Å². The summed E-state index contributed by atoms with van der Waals surface area (Å²) in [5, 5.41) is 24.0. The molecule has 0 saturated heterocycles. The predicted molar refractivity (Wildman–Crippen MR) is 83.0 cm³/mol. The van der Waals surface area contributed by atoms with Crippen LogP contribution in [0.3, 0.4) is 0 Å². The molecule has 0 bridgehead atoms. The van der Waals surface area contributed by atoms with E-state index in [-0.39, 0.29) is 12.1 Å². The minimum atomic E-state index is -0.356. The van der Waals surface area contributed by atoms with E-state index >= 15 is 0 Å². The maximum Gasteiger partial charge on any atom is 0.103 e. The van der Waals surface area contributed by atoms with Crippen molar-refractivity contribution < 1.29 is 5.11 Å². The molecule has 0 amide bonds. The lowest BCUT2D eigenvalue weighted by Gasteiger charge is -2.24. The minimum Gasteiger partial charge on any atom is -0.391 e. The second-order valence-electron chi connectivity index (χ2n) is 5.63. The number of fused-ring (bicyclic) bond motifs is 1. The van der Waals surface area contributed by atoms with Gasteiger partial charge in [0.2, 0.25) is 0 Å². The summed E-state index contributed by atoms with van der Waals surface area (Å²) in [4.78, 5) is 4.32. The Bertz CT molecular complexity index is 677. The van der Waals surface area contributed by atoms with Crippen LogP contribution in [0.1, 0.15) is 37.7 Å². The zero-order chi connectivity index (χ0) is 14.7. The first-order chi connectivity index (χ1) is 10.3. The first-order valence-corrected chi connectivity index (χ1v) is 7.52. The molecular weight excluding hydrogens is 262 g/mol. The third-order valence-corrected chi connectivity index (χ3v) is 4.21. The summed E-state index contributed by atoms with van der Waals surface area (Å²) < 4.78 is 0. The van der Waals surface area contributed by atoms with Crippen LogP contribution in [0.5, 0.6) is 0 Å². The van der Waals surface area contributed by atoms with Crippen molar-refractivity contribution in [2.24, 2.45) is 0 Å². The highest BCUT2D eigenvalue weighted by molar-refractivity contribution is 5.93. The molecule has 4 nitrogen and oxygen atoms in total. The average molecular weight is 281 g/mol. The lowest BCUT2D eigenvalue weighted by atomic mass is 10.0. The van der Waals surface area contributed by atoms with Gasteiger partial charge in [0.05, 0.1) is 28.9 Å². The molecule has 1 aliphatic carbocycles. The highest BCUT2D eigenvalue weighted by Crippen LogP contribution is 2.29. The highest BCUT2D eigenvalue weighted by atomic mass is 16.3. The van der Waals surface area contributed by atoms with E-state index in [0.29, 0.717) is 5.56 Å². The van der Waals surface area contributed by atoms with E-state index in [1.807, 2.05) is 24.3 Å². The standard InChI is InChI=1S/C17H19N3O/c18-10-12-11-19-14-7-5-4-6-13(14)17(12)20-15-8-2-1-3-9-16(15)21/h4-7,11,15-16,21H,1-3,8-9H2,(H,19,20). The highest BCUT2D eigenvalue weighted by Gasteiger charge is 2.23. The van der Waals surface area contributed by atoms with Crippen molar-refractivity contribution in [2.45, 2.75) is 44.2 Å². The van der Waals surface area contributed by atoms with Gasteiger partial charge in [0, 0.05) is 11.6 Å². The van der Waals surface area contributed by atoms with Gasteiger partial charge in [-0.1, -0.05) is 37.5 Å². The number of aliphatic hydroxyl groups excluding tert-OH is 1. The molecule has 0 spiro atoms. The summed E-state index contributed by atoms with van der Waals surface area (Å²) in [5.41, 5.74) is 2.20. The van der Waals surface area contributed by atoms with E-state index < -0.39 is 0 Å². The van der Waals surface area contributed by atoms with E-state index in [2.05, 4.69) is 16.4 Å². The van der Waals surface area contributed by atoms with Gasteiger partial charge in [0.15, 0.2) is 0 Å². The zero-order valence-corrected chi connectivity index (χ0v) is 11.9. The Kier molecular flexibility index (Phi) is 4.03. The Hall–Kier alpha value is -2.12. The second-order valence-corrected chi connectivity index (χ2v) is 5.63. The van der Waals surface area contributed by atoms with Crippen LogP contribution in [0.4, 0.5) is 5.69 Å². The molecule has 4 heteroatoms. The molecule has 1 fully saturated rings. The average Bonchev–Trinajstić information content (AvgIpc) is 2.72. The molecule has 2 unspecified atom stereocenters. The fourth-order valence-corrected chi connectivity index (χ4v) is 3.02. The Morgan fingerprint density at radius 3 is 2.86 bits per heavy atom. The zero-order valence-electron chi connectivity index (χ0n) is 11.9. The summed E-state index contributed by atoms with van der Waals surface area (Å²) in [7, 11) is 0. The van der Waals surface area contributed by atoms with Crippen LogP contribution in [-0.2, 0) is 0 Å². The summed E-state index contributed by atoms with van der Waals surface area (Å²) in [6.07, 6.45) is 6.35. The topological polar surface area (TPSA) is 68.9 Å². The number of nitrogens with one attached hydrogen (secondary N) is 1. The normalized spacial score (nSPS) is 22.5. The quantitative estimate of drug-likeness (QED) is 0.829. The van der Waals surface area contributed by atoms with Crippen molar-refractivity contribution in [3.63, 3.8) is 0 Å². The third kappa shape index (κ3) is 2.84. The van der Waals surface area contributed by atoms with Crippen LogP contribution in [-0.4, -0.2) is 22.2 Å². The van der Waals surface area contributed by atoms with Crippen molar-refractivity contribution >= 4 is 16.6 Å². The van der Waals surface area contributed by atoms with Gasteiger partial charge in [-0.05, 0) is 18.9 Å². The van der Waals surface area contributed by atoms with Crippen LogP contribution >= 0.6 is 0 Å². The number of para-hydroxylation sites is 1. The van der Waals surface area contributed by atoms with Gasteiger partial charge in [0.1, 0.15) is 6.07 Å². The van der Waals surface area contributed by atoms with Crippen molar-refractivity contribution in [1.29, 1.82) is 5.26 Å². The Labute approximate surface area is 124 Å². The van der Waals surface area contributed by atoms with Crippen LogP contribution < -0.4 is 5.32 Å². The lowest BCUT2D eigenvalue weighted by molar-refractivity contribution is 0.144. The lowest BCUT2D eigenvalue weighted by Crippen LogP contribution is -2.32. The number of benzene rings is 1. The number of anilines is 1. The second kappa shape index (κ2) is 6.11. The first kappa shape index (κ1) is 13.8. The molecule has 2 N–H and O–H groups in total. The Balaban J connectivity index is 2.00. The van der Waals surface area contributed by atoms with E-state index in [1.165, 1.54) is 0 Å². The fourth-order valence-electron chi connectivity index (χ4n) is 3.02. The van der Waals surface area contributed by atoms with Crippen LogP contribution in [0.2, 0.25) is 0 Å². The molecule has 108 valence electrons. The molecule has 1 aliphatic rings. The number of hydrogen-bond donors (Lipinski definition) is 2. The van der Waals surface area contributed by atoms with Gasteiger partial charge in [-0.3, -0.25) is 4.98 Å². The summed E-state index contributed by atoms with van der Waals surface area (Å²) >= 11 is 0. The molecule has 21 heavy (non-hydrogen) atoms. The molecule has 2 atom stereocenters. The van der Waals surface area contributed by atoms with Gasteiger partial charge in [0.25, 0.3) is 0 Å². The van der Waals surface area contributed by atoms with Crippen LogP contribution in [0.25, 0.3) is 10.9 Å². The largest absolute Gasteiger partial charge is 0.391 e. The molecule has 2 aromatic rings. The number of rotatable bonds is 2. The van der Waals surface area contributed by atoms with Gasteiger partial charge in [-0.25, -0.2) is 0 Å². The molecule has 1 aromatic heterocycles. The fraction of sp³-hybridized carbons (Fsp3) is 0.412. The Morgan fingerprint density at radius 1 is 1.19 bits per heavy atom. The molecule has 1 saturated carbocycles. The number of aliphatic hydroxyl groups is 1. The van der Waals surface area contributed by atoms with Crippen molar-refractivity contribution in [2.75, 3.05) is 5.32 Å². The predicted octanol–water partition coefficient (Wildman–Crippen LogP) is 3.21. The molecule has 1 aromatic carbocycles. The van der Waals surface area contributed by atoms with E-state index in [1.54, 1.807) is 6.20 Å². The molecule has 3 rings (SSSR count). The Morgan fingerprint density at radius 2 is 2.00 bits per heavy atom. The third-order valence-electron chi connectivity index (χ3n) is 4.21. The molecule has 0 radical (unpaired) electrons. The first-order valence-electron chi connectivity index (χ1n) is 7.52. The van der Waals surface area contributed by atoms with Crippen LogP contribution in [0.15, 0.2) is 30.5 Å². The van der Waals surface area contributed by atoms with Crippen molar-refractivity contribution in [3.8, 4) is 6.07 Å². The molecular formula is C17H19N3O.